The molecule has 0 atom stereocenters. The summed E-state index contributed by atoms with van der Waals surface area (Å²) < 4.78 is 5.30. The molecule has 1 aromatic heterocycles. The van der Waals surface area contributed by atoms with Crippen LogP contribution in [0.25, 0.3) is 10.9 Å². The SMILES string of the molecule is O=C(NCCN1CCOCC1)c1c[nH]c2cc(Cl)ccc12. The van der Waals surface area contributed by atoms with E-state index in [1.807, 2.05) is 12.1 Å². The fourth-order valence-corrected chi connectivity index (χ4v) is 2.71. The van der Waals surface area contributed by atoms with E-state index in [9.17, 15) is 4.79 Å². The topological polar surface area (TPSA) is 57.4 Å². The van der Waals surface area contributed by atoms with Gasteiger partial charge in [-0.15, -0.1) is 0 Å². The number of carbonyl (C=O) groups excluding carboxylic acids is 1. The van der Waals surface area contributed by atoms with Gasteiger partial charge in [0.15, 0.2) is 0 Å². The Kier molecular flexibility index (Phi) is 4.43. The molecule has 1 fully saturated rings. The normalized spacial score (nSPS) is 16.2. The van der Waals surface area contributed by atoms with E-state index in [0.29, 0.717) is 17.1 Å². The molecule has 0 bridgehead atoms. The van der Waals surface area contributed by atoms with Gasteiger partial charge < -0.3 is 15.0 Å². The number of aromatic amines is 1. The van der Waals surface area contributed by atoms with Gasteiger partial charge in [0.2, 0.25) is 0 Å². The maximum absolute atomic E-state index is 12.2. The molecule has 21 heavy (non-hydrogen) atoms. The molecule has 0 unspecified atom stereocenters. The molecule has 1 aliphatic rings. The van der Waals surface area contributed by atoms with Crippen molar-refractivity contribution in [2.24, 2.45) is 0 Å². The second kappa shape index (κ2) is 6.47. The second-order valence-electron chi connectivity index (χ2n) is 5.10. The van der Waals surface area contributed by atoms with Gasteiger partial charge in [-0.3, -0.25) is 9.69 Å². The molecule has 5 nitrogen and oxygen atoms in total. The van der Waals surface area contributed by atoms with Gasteiger partial charge in [-0.25, -0.2) is 0 Å². The van der Waals surface area contributed by atoms with Crippen LogP contribution in [0.3, 0.4) is 0 Å². The Bertz CT molecular complexity index is 635. The number of benzene rings is 1. The van der Waals surface area contributed by atoms with Gasteiger partial charge in [0.1, 0.15) is 0 Å². The van der Waals surface area contributed by atoms with Gasteiger partial charge in [0.25, 0.3) is 5.91 Å². The molecule has 1 saturated heterocycles. The van der Waals surface area contributed by atoms with E-state index in [1.165, 1.54) is 0 Å². The summed E-state index contributed by atoms with van der Waals surface area (Å²) in [5.74, 6) is -0.0585. The van der Waals surface area contributed by atoms with Crippen molar-refractivity contribution in [2.75, 3.05) is 39.4 Å². The summed E-state index contributed by atoms with van der Waals surface area (Å²) in [6.07, 6.45) is 1.73. The van der Waals surface area contributed by atoms with Crippen LogP contribution in [0.4, 0.5) is 0 Å². The molecule has 2 heterocycles. The lowest BCUT2D eigenvalue weighted by Crippen LogP contribution is -2.41. The van der Waals surface area contributed by atoms with Crippen LogP contribution in [0.1, 0.15) is 10.4 Å². The van der Waals surface area contributed by atoms with E-state index >= 15 is 0 Å². The smallest absolute Gasteiger partial charge is 0.253 e. The van der Waals surface area contributed by atoms with Crippen molar-refractivity contribution in [3.63, 3.8) is 0 Å². The molecule has 3 rings (SSSR count). The third-order valence-electron chi connectivity index (χ3n) is 3.71. The van der Waals surface area contributed by atoms with E-state index in [0.717, 1.165) is 43.8 Å². The summed E-state index contributed by atoms with van der Waals surface area (Å²) in [5, 5.41) is 4.51. The number of hydrogen-bond acceptors (Lipinski definition) is 3. The molecular formula is C15H18ClN3O2. The summed E-state index contributed by atoms with van der Waals surface area (Å²) >= 11 is 5.94. The fourth-order valence-electron chi connectivity index (χ4n) is 2.53. The quantitative estimate of drug-likeness (QED) is 0.907. The first-order valence-electron chi connectivity index (χ1n) is 7.09. The van der Waals surface area contributed by atoms with Crippen LogP contribution < -0.4 is 5.32 Å². The Morgan fingerprint density at radius 1 is 1.38 bits per heavy atom. The maximum Gasteiger partial charge on any atom is 0.253 e. The maximum atomic E-state index is 12.2. The number of carbonyl (C=O) groups is 1. The highest BCUT2D eigenvalue weighted by Crippen LogP contribution is 2.21. The van der Waals surface area contributed by atoms with Crippen LogP contribution in [-0.2, 0) is 4.74 Å². The molecule has 1 aliphatic heterocycles. The minimum atomic E-state index is -0.0585. The number of ether oxygens (including phenoxy) is 1. The first-order valence-corrected chi connectivity index (χ1v) is 7.47. The van der Waals surface area contributed by atoms with Gasteiger partial charge in [0.05, 0.1) is 18.8 Å². The van der Waals surface area contributed by atoms with Crippen molar-refractivity contribution >= 4 is 28.4 Å². The molecular weight excluding hydrogens is 290 g/mol. The largest absolute Gasteiger partial charge is 0.379 e. The van der Waals surface area contributed by atoms with Crippen LogP contribution in [0.2, 0.25) is 5.02 Å². The van der Waals surface area contributed by atoms with E-state index in [2.05, 4.69) is 15.2 Å². The van der Waals surface area contributed by atoms with Gasteiger partial charge in [-0.1, -0.05) is 17.7 Å². The number of nitrogens with zero attached hydrogens (tertiary/aromatic N) is 1. The number of hydrogen-bond donors (Lipinski definition) is 2. The number of fused-ring (bicyclic) bond motifs is 1. The Morgan fingerprint density at radius 3 is 3.00 bits per heavy atom. The molecule has 1 aromatic carbocycles. The predicted molar refractivity (Wildman–Crippen MR) is 82.9 cm³/mol. The Morgan fingerprint density at radius 2 is 2.19 bits per heavy atom. The summed E-state index contributed by atoms with van der Waals surface area (Å²) in [6, 6.07) is 5.48. The van der Waals surface area contributed by atoms with Crippen LogP contribution in [0.5, 0.6) is 0 Å². The summed E-state index contributed by atoms with van der Waals surface area (Å²) in [4.78, 5) is 17.6. The van der Waals surface area contributed by atoms with Crippen molar-refractivity contribution in [1.29, 1.82) is 0 Å². The first kappa shape index (κ1) is 14.4. The van der Waals surface area contributed by atoms with Crippen molar-refractivity contribution in [3.8, 4) is 0 Å². The van der Waals surface area contributed by atoms with Crippen molar-refractivity contribution < 1.29 is 9.53 Å². The van der Waals surface area contributed by atoms with E-state index < -0.39 is 0 Å². The fraction of sp³-hybridized carbons (Fsp3) is 0.400. The molecule has 2 N–H and O–H groups in total. The van der Waals surface area contributed by atoms with Crippen LogP contribution >= 0.6 is 11.6 Å². The lowest BCUT2D eigenvalue weighted by molar-refractivity contribution is 0.0383. The zero-order valence-corrected chi connectivity index (χ0v) is 12.4. The Labute approximate surface area is 128 Å². The zero-order valence-electron chi connectivity index (χ0n) is 11.7. The predicted octanol–water partition coefficient (Wildman–Crippen LogP) is 1.88. The third-order valence-corrected chi connectivity index (χ3v) is 3.94. The summed E-state index contributed by atoms with van der Waals surface area (Å²) in [6.45, 7) is 4.90. The molecule has 0 radical (unpaired) electrons. The minimum Gasteiger partial charge on any atom is -0.379 e. The van der Waals surface area contributed by atoms with Crippen molar-refractivity contribution in [3.05, 3.63) is 35.0 Å². The highest BCUT2D eigenvalue weighted by molar-refractivity contribution is 6.31. The van der Waals surface area contributed by atoms with Gasteiger partial charge >= 0.3 is 0 Å². The highest BCUT2D eigenvalue weighted by atomic mass is 35.5. The molecule has 0 aliphatic carbocycles. The summed E-state index contributed by atoms with van der Waals surface area (Å²) in [7, 11) is 0. The second-order valence-corrected chi connectivity index (χ2v) is 5.54. The Hall–Kier alpha value is -1.56. The average molecular weight is 308 g/mol. The van der Waals surface area contributed by atoms with Crippen molar-refractivity contribution in [1.82, 2.24) is 15.2 Å². The monoisotopic (exact) mass is 307 g/mol. The summed E-state index contributed by atoms with van der Waals surface area (Å²) in [5.41, 5.74) is 1.53. The van der Waals surface area contributed by atoms with Crippen molar-refractivity contribution in [2.45, 2.75) is 0 Å². The molecule has 0 spiro atoms. The Balaban J connectivity index is 1.59. The van der Waals surface area contributed by atoms with E-state index in [1.54, 1.807) is 12.3 Å². The lowest BCUT2D eigenvalue weighted by Gasteiger charge is -2.26. The molecule has 1 amide bonds. The highest BCUT2D eigenvalue weighted by Gasteiger charge is 2.13. The van der Waals surface area contributed by atoms with E-state index in [-0.39, 0.29) is 5.91 Å². The number of aromatic nitrogens is 1. The number of H-pyrrole nitrogens is 1. The van der Waals surface area contributed by atoms with E-state index in [4.69, 9.17) is 16.3 Å². The lowest BCUT2D eigenvalue weighted by atomic mass is 10.1. The molecule has 2 aromatic rings. The van der Waals surface area contributed by atoms with Crippen LogP contribution in [-0.4, -0.2) is 55.2 Å². The van der Waals surface area contributed by atoms with Gasteiger partial charge in [0, 0.05) is 48.3 Å². The first-order chi connectivity index (χ1) is 10.2. The zero-order chi connectivity index (χ0) is 14.7. The number of halogens is 1. The average Bonchev–Trinajstić information content (AvgIpc) is 2.91. The van der Waals surface area contributed by atoms with Gasteiger partial charge in [-0.2, -0.15) is 0 Å². The third kappa shape index (κ3) is 3.37. The number of nitrogens with one attached hydrogen (secondary N) is 2. The number of amides is 1. The molecule has 0 saturated carbocycles. The molecule has 112 valence electrons. The van der Waals surface area contributed by atoms with Crippen LogP contribution in [0.15, 0.2) is 24.4 Å². The number of rotatable bonds is 4. The number of morpholine rings is 1. The standard InChI is InChI=1S/C15H18ClN3O2/c16-11-1-2-12-13(10-18-14(12)9-11)15(20)17-3-4-19-5-7-21-8-6-19/h1-2,9-10,18H,3-8H2,(H,17,20). The van der Waals surface area contributed by atoms with Gasteiger partial charge in [-0.05, 0) is 12.1 Å². The minimum absolute atomic E-state index is 0.0585. The molecule has 6 heteroatoms. The van der Waals surface area contributed by atoms with Crippen LogP contribution in [0, 0.1) is 0 Å².